The van der Waals surface area contributed by atoms with Crippen LogP contribution in [0.2, 0.25) is 0 Å². The van der Waals surface area contributed by atoms with E-state index < -0.39 is 5.67 Å². The Balaban J connectivity index is 2.48. The summed E-state index contributed by atoms with van der Waals surface area (Å²) in [6.07, 6.45) is 5.72. The van der Waals surface area contributed by atoms with Crippen molar-refractivity contribution in [1.82, 2.24) is 0 Å². The fraction of sp³-hybridized carbons (Fsp3) is 1.00. The average Bonchev–Trinajstić information content (AvgIpc) is 2.37. The number of rotatable bonds is 9. The first-order chi connectivity index (χ1) is 9.33. The molecule has 0 spiro atoms. The average molecular weight is 303 g/mol. The predicted molar refractivity (Wildman–Crippen MR) is 91.2 cm³/mol. The van der Waals surface area contributed by atoms with E-state index in [2.05, 4.69) is 46.4 Å². The van der Waals surface area contributed by atoms with Crippen LogP contribution in [0.4, 0.5) is 4.39 Å². The predicted octanol–water partition coefficient (Wildman–Crippen LogP) is 6.34. The van der Waals surface area contributed by atoms with Crippen LogP contribution in [0.15, 0.2) is 0 Å². The smallest absolute Gasteiger partial charge is 0.111 e. The molecule has 0 radical (unpaired) electrons. The third-order valence-electron chi connectivity index (χ3n) is 5.58. The van der Waals surface area contributed by atoms with Gasteiger partial charge >= 0.3 is 0 Å². The normalized spacial score (nSPS) is 32.2. The number of hydrogen-bond donors (Lipinski definition) is 0. The maximum Gasteiger partial charge on any atom is 0.111 e. The summed E-state index contributed by atoms with van der Waals surface area (Å²) in [5.74, 6) is 3.43. The van der Waals surface area contributed by atoms with Crippen LogP contribution in [0, 0.1) is 23.7 Å². The van der Waals surface area contributed by atoms with E-state index in [0.29, 0.717) is 17.8 Å². The van der Waals surface area contributed by atoms with E-state index in [4.69, 9.17) is 0 Å². The second-order valence-electron chi connectivity index (χ2n) is 7.26. The molecule has 0 amide bonds. The molecular weight excluding hydrogens is 267 g/mol. The molecule has 0 aliphatic heterocycles. The van der Waals surface area contributed by atoms with Crippen molar-refractivity contribution in [3.8, 4) is 0 Å². The van der Waals surface area contributed by atoms with Gasteiger partial charge in [-0.05, 0) is 62.0 Å². The van der Waals surface area contributed by atoms with Gasteiger partial charge in [0.25, 0.3) is 0 Å². The second-order valence-corrected chi connectivity index (χ2v) is 8.77. The summed E-state index contributed by atoms with van der Waals surface area (Å²) in [5, 5.41) is 0.790. The Bertz CT molecular complexity index is 271. The molecule has 0 nitrogen and oxygen atoms in total. The Morgan fingerprint density at radius 3 is 2.25 bits per heavy atom. The van der Waals surface area contributed by atoms with Crippen molar-refractivity contribution in [2.75, 3.05) is 5.75 Å². The fourth-order valence-corrected chi connectivity index (χ4v) is 5.17. The van der Waals surface area contributed by atoms with Crippen LogP contribution in [0.5, 0.6) is 0 Å². The van der Waals surface area contributed by atoms with Gasteiger partial charge in [0.15, 0.2) is 0 Å². The van der Waals surface area contributed by atoms with Crippen molar-refractivity contribution in [3.63, 3.8) is 0 Å². The molecule has 0 heterocycles. The highest BCUT2D eigenvalue weighted by Gasteiger charge is 2.47. The Morgan fingerprint density at radius 2 is 1.85 bits per heavy atom. The second kappa shape index (κ2) is 8.06. The number of thioether (sulfide) groups is 1. The fourth-order valence-electron chi connectivity index (χ4n) is 3.90. The van der Waals surface area contributed by atoms with Gasteiger partial charge in [0.2, 0.25) is 0 Å². The van der Waals surface area contributed by atoms with Gasteiger partial charge in [-0.15, -0.1) is 0 Å². The third kappa shape index (κ3) is 4.64. The zero-order chi connectivity index (χ0) is 15.3. The molecule has 0 N–H and O–H groups in total. The van der Waals surface area contributed by atoms with E-state index in [1.807, 2.05) is 0 Å². The summed E-state index contributed by atoms with van der Waals surface area (Å²) >= 11 is 2.12. The van der Waals surface area contributed by atoms with Crippen LogP contribution in [-0.4, -0.2) is 16.7 Å². The lowest BCUT2D eigenvalue weighted by molar-refractivity contribution is -0.0444. The Kier molecular flexibility index (Phi) is 7.38. The van der Waals surface area contributed by atoms with Gasteiger partial charge in [-0.25, -0.2) is 4.39 Å². The van der Waals surface area contributed by atoms with Crippen molar-refractivity contribution >= 4 is 11.8 Å². The first-order valence-corrected chi connectivity index (χ1v) is 9.68. The largest absolute Gasteiger partial charge is 0.244 e. The molecule has 0 saturated heterocycles. The van der Waals surface area contributed by atoms with E-state index >= 15 is 0 Å². The third-order valence-corrected chi connectivity index (χ3v) is 7.04. The van der Waals surface area contributed by atoms with E-state index in [1.165, 1.54) is 25.0 Å². The van der Waals surface area contributed by atoms with Crippen LogP contribution >= 0.6 is 11.8 Å². The topological polar surface area (TPSA) is 0 Å². The Morgan fingerprint density at radius 1 is 1.20 bits per heavy atom. The Labute approximate surface area is 130 Å². The van der Waals surface area contributed by atoms with Crippen molar-refractivity contribution in [2.45, 2.75) is 84.6 Å². The van der Waals surface area contributed by atoms with Gasteiger partial charge in [0, 0.05) is 5.25 Å². The van der Waals surface area contributed by atoms with Gasteiger partial charge in [-0.2, -0.15) is 11.8 Å². The van der Waals surface area contributed by atoms with Crippen molar-refractivity contribution < 1.29 is 4.39 Å². The van der Waals surface area contributed by atoms with E-state index in [-0.39, 0.29) is 0 Å². The summed E-state index contributed by atoms with van der Waals surface area (Å²) < 4.78 is 14.2. The van der Waals surface area contributed by atoms with Gasteiger partial charge in [-0.1, -0.05) is 41.0 Å². The van der Waals surface area contributed by atoms with Crippen LogP contribution in [0.1, 0.15) is 73.6 Å². The quantitative estimate of drug-likeness (QED) is 0.478. The minimum Gasteiger partial charge on any atom is -0.244 e. The number of halogens is 1. The molecular formula is C18H35FS. The molecule has 1 fully saturated rings. The highest BCUT2D eigenvalue weighted by atomic mass is 32.2. The molecule has 0 aromatic heterocycles. The molecule has 6 atom stereocenters. The van der Waals surface area contributed by atoms with E-state index in [0.717, 1.165) is 24.0 Å². The standard InChI is InChI=1S/C18H35FS/c1-7-9-17(20-8-2)14(4)12-13(3)15(5)16-10-11-18(16,6)19/h13-17H,7-12H2,1-6H3/t13-,14+,15-,16-,17?,18?/m0/s1. The van der Waals surface area contributed by atoms with Crippen LogP contribution < -0.4 is 0 Å². The molecule has 20 heavy (non-hydrogen) atoms. The van der Waals surface area contributed by atoms with Crippen LogP contribution in [0.3, 0.4) is 0 Å². The summed E-state index contributed by atoms with van der Waals surface area (Å²) in [6.45, 7) is 13.4. The highest BCUT2D eigenvalue weighted by molar-refractivity contribution is 7.99. The van der Waals surface area contributed by atoms with E-state index in [9.17, 15) is 4.39 Å². The zero-order valence-corrected chi connectivity index (χ0v) is 15.2. The summed E-state index contributed by atoms with van der Waals surface area (Å²) in [7, 11) is 0. The molecule has 0 aromatic carbocycles. The van der Waals surface area contributed by atoms with Crippen molar-refractivity contribution in [3.05, 3.63) is 0 Å². The monoisotopic (exact) mass is 302 g/mol. The zero-order valence-electron chi connectivity index (χ0n) is 14.4. The molecule has 0 bridgehead atoms. The lowest BCUT2D eigenvalue weighted by Gasteiger charge is -2.46. The lowest BCUT2D eigenvalue weighted by Crippen LogP contribution is -2.45. The van der Waals surface area contributed by atoms with Crippen molar-refractivity contribution in [1.29, 1.82) is 0 Å². The summed E-state index contributed by atoms with van der Waals surface area (Å²) in [4.78, 5) is 0. The molecule has 0 aromatic rings. The minimum atomic E-state index is -0.891. The van der Waals surface area contributed by atoms with Gasteiger partial charge in [-0.3, -0.25) is 0 Å². The molecule has 2 heteroatoms. The minimum absolute atomic E-state index is 0.299. The lowest BCUT2D eigenvalue weighted by atomic mass is 9.62. The molecule has 120 valence electrons. The number of hydrogen-bond acceptors (Lipinski definition) is 1. The molecule has 1 rings (SSSR count). The SMILES string of the molecule is CCCC(SCC)[C@H](C)C[C@H](C)[C@H](C)[C@@H]1CCC1(C)F. The van der Waals surface area contributed by atoms with Gasteiger partial charge < -0.3 is 0 Å². The molecule has 2 unspecified atom stereocenters. The molecule has 1 aliphatic carbocycles. The number of alkyl halides is 1. The molecule has 1 saturated carbocycles. The Hall–Kier alpha value is 0.280. The first-order valence-electron chi connectivity index (χ1n) is 8.63. The van der Waals surface area contributed by atoms with Crippen LogP contribution in [0.25, 0.3) is 0 Å². The summed E-state index contributed by atoms with van der Waals surface area (Å²) in [5.41, 5.74) is -0.891. The summed E-state index contributed by atoms with van der Waals surface area (Å²) in [6, 6.07) is 0. The maximum absolute atomic E-state index is 14.2. The van der Waals surface area contributed by atoms with Gasteiger partial charge in [0.05, 0.1) is 0 Å². The van der Waals surface area contributed by atoms with Gasteiger partial charge in [0.1, 0.15) is 5.67 Å². The van der Waals surface area contributed by atoms with E-state index in [1.54, 1.807) is 6.92 Å². The molecule has 1 aliphatic rings. The first kappa shape index (κ1) is 18.3. The van der Waals surface area contributed by atoms with Crippen molar-refractivity contribution in [2.24, 2.45) is 23.7 Å². The maximum atomic E-state index is 14.2. The highest BCUT2D eigenvalue weighted by Crippen LogP contribution is 2.49. The van der Waals surface area contributed by atoms with Crippen LogP contribution in [-0.2, 0) is 0 Å².